The van der Waals surface area contributed by atoms with E-state index >= 15 is 0 Å². The minimum Gasteiger partial charge on any atom is -0.377 e. The van der Waals surface area contributed by atoms with Gasteiger partial charge in [-0.15, -0.1) is 11.6 Å². The Hall–Kier alpha value is -0.770. The maximum Gasteiger partial charge on any atom is 0.127 e. The Morgan fingerprint density at radius 3 is 2.74 bits per heavy atom. The van der Waals surface area contributed by atoms with Crippen molar-refractivity contribution in [1.82, 2.24) is 9.55 Å². The Kier molecular flexibility index (Phi) is 4.71. The number of halogens is 2. The van der Waals surface area contributed by atoms with E-state index in [9.17, 15) is 0 Å². The zero-order valence-corrected chi connectivity index (χ0v) is 12.9. The summed E-state index contributed by atoms with van der Waals surface area (Å²) in [5, 5.41) is 0.548. The minimum atomic E-state index is -0.153. The van der Waals surface area contributed by atoms with E-state index in [0.29, 0.717) is 11.6 Å². The first-order chi connectivity index (χ1) is 9.02. The van der Waals surface area contributed by atoms with Gasteiger partial charge in [0.1, 0.15) is 5.82 Å². The van der Waals surface area contributed by atoms with Crippen LogP contribution in [0, 0.1) is 0 Å². The lowest BCUT2D eigenvalue weighted by Gasteiger charge is -2.16. The molecular formula is C14H18Cl2N2O. The van der Waals surface area contributed by atoms with Crippen LogP contribution in [0.1, 0.15) is 32.0 Å². The number of hydrogen-bond donors (Lipinski definition) is 0. The van der Waals surface area contributed by atoms with Gasteiger partial charge in [-0.3, -0.25) is 0 Å². The highest BCUT2D eigenvalue weighted by atomic mass is 35.5. The zero-order valence-electron chi connectivity index (χ0n) is 11.4. The minimum absolute atomic E-state index is 0.107. The van der Waals surface area contributed by atoms with Gasteiger partial charge < -0.3 is 9.30 Å². The lowest BCUT2D eigenvalue weighted by molar-refractivity contribution is 0.0642. The summed E-state index contributed by atoms with van der Waals surface area (Å²) in [6.45, 7) is 7.37. The molecule has 19 heavy (non-hydrogen) atoms. The van der Waals surface area contributed by atoms with Crippen molar-refractivity contribution >= 4 is 34.2 Å². The molecule has 2 rings (SSSR count). The summed E-state index contributed by atoms with van der Waals surface area (Å²) in [6.07, 6.45) is 0.107. The van der Waals surface area contributed by atoms with Crippen LogP contribution in [0.25, 0.3) is 11.0 Å². The summed E-state index contributed by atoms with van der Waals surface area (Å²) in [6, 6.07) is 5.68. The number of fused-ring (bicyclic) bond motifs is 1. The van der Waals surface area contributed by atoms with E-state index in [0.717, 1.165) is 23.4 Å². The number of imidazole rings is 1. The Morgan fingerprint density at radius 2 is 2.11 bits per heavy atom. The lowest BCUT2D eigenvalue weighted by atomic mass is 10.3. The molecule has 0 aliphatic carbocycles. The van der Waals surface area contributed by atoms with Crippen LogP contribution in [-0.4, -0.2) is 22.3 Å². The van der Waals surface area contributed by atoms with E-state index in [1.807, 2.05) is 39.0 Å². The fourth-order valence-electron chi connectivity index (χ4n) is 2.20. The van der Waals surface area contributed by atoms with Crippen molar-refractivity contribution in [3.8, 4) is 0 Å². The molecule has 1 heterocycles. The molecule has 1 aromatic carbocycles. The highest BCUT2D eigenvalue weighted by molar-refractivity contribution is 6.31. The van der Waals surface area contributed by atoms with Gasteiger partial charge in [0.15, 0.2) is 0 Å². The monoisotopic (exact) mass is 300 g/mol. The second-order valence-corrected chi connectivity index (χ2v) is 5.69. The largest absolute Gasteiger partial charge is 0.377 e. The maximum atomic E-state index is 6.22. The molecule has 0 aliphatic rings. The number of rotatable bonds is 5. The molecule has 1 aromatic heterocycles. The Balaban J connectivity index is 2.47. The number of hydrogen-bond acceptors (Lipinski definition) is 2. The van der Waals surface area contributed by atoms with E-state index in [4.69, 9.17) is 27.9 Å². The van der Waals surface area contributed by atoms with Gasteiger partial charge in [0.05, 0.1) is 29.1 Å². The molecule has 5 heteroatoms. The first-order valence-corrected chi connectivity index (χ1v) is 7.25. The molecule has 0 saturated heterocycles. The van der Waals surface area contributed by atoms with Gasteiger partial charge in [-0.05, 0) is 39.0 Å². The highest BCUT2D eigenvalue weighted by Crippen LogP contribution is 2.27. The van der Waals surface area contributed by atoms with Crippen LogP contribution in [0.2, 0.25) is 5.02 Å². The smallest absolute Gasteiger partial charge is 0.127 e. The fourth-order valence-corrected chi connectivity index (χ4v) is 2.54. The third kappa shape index (κ3) is 3.22. The Bertz CT molecular complexity index is 566. The van der Waals surface area contributed by atoms with Gasteiger partial charge >= 0.3 is 0 Å². The molecule has 0 spiro atoms. The topological polar surface area (TPSA) is 27.1 Å². The van der Waals surface area contributed by atoms with Crippen LogP contribution < -0.4 is 0 Å². The van der Waals surface area contributed by atoms with Crippen LogP contribution in [0.15, 0.2) is 18.2 Å². The molecule has 2 unspecified atom stereocenters. The van der Waals surface area contributed by atoms with Gasteiger partial charge in [0.25, 0.3) is 0 Å². The molecule has 3 nitrogen and oxygen atoms in total. The number of nitrogens with zero attached hydrogens (tertiary/aromatic N) is 2. The molecule has 0 fully saturated rings. The van der Waals surface area contributed by atoms with Crippen LogP contribution in [0.4, 0.5) is 0 Å². The van der Waals surface area contributed by atoms with Crippen molar-refractivity contribution in [2.45, 2.75) is 38.8 Å². The normalized spacial score (nSPS) is 14.8. The second kappa shape index (κ2) is 6.12. The van der Waals surface area contributed by atoms with Gasteiger partial charge in [-0.2, -0.15) is 0 Å². The average Bonchev–Trinajstić information content (AvgIpc) is 2.68. The quantitative estimate of drug-likeness (QED) is 0.765. The summed E-state index contributed by atoms with van der Waals surface area (Å²) in [7, 11) is 0. The maximum absolute atomic E-state index is 6.22. The molecule has 0 radical (unpaired) electrons. The predicted molar refractivity (Wildman–Crippen MR) is 80.1 cm³/mol. The molecule has 104 valence electrons. The molecule has 0 saturated carbocycles. The van der Waals surface area contributed by atoms with E-state index in [2.05, 4.69) is 9.55 Å². The third-order valence-electron chi connectivity index (χ3n) is 2.99. The zero-order chi connectivity index (χ0) is 14.0. The Morgan fingerprint density at radius 1 is 1.37 bits per heavy atom. The number of aromatic nitrogens is 2. The van der Waals surface area contributed by atoms with Crippen molar-refractivity contribution in [3.63, 3.8) is 0 Å². The van der Waals surface area contributed by atoms with Crippen molar-refractivity contribution in [1.29, 1.82) is 0 Å². The van der Waals surface area contributed by atoms with E-state index in [-0.39, 0.29) is 11.5 Å². The van der Waals surface area contributed by atoms with Gasteiger partial charge in [-0.25, -0.2) is 4.98 Å². The number of alkyl halides is 1. The van der Waals surface area contributed by atoms with Gasteiger partial charge in [0, 0.05) is 11.6 Å². The van der Waals surface area contributed by atoms with E-state index in [1.165, 1.54) is 0 Å². The van der Waals surface area contributed by atoms with Crippen molar-refractivity contribution in [3.05, 3.63) is 29.0 Å². The van der Waals surface area contributed by atoms with Crippen LogP contribution in [-0.2, 0) is 11.3 Å². The second-order valence-electron chi connectivity index (χ2n) is 4.60. The van der Waals surface area contributed by atoms with Crippen molar-refractivity contribution in [2.24, 2.45) is 0 Å². The lowest BCUT2D eigenvalue weighted by Crippen LogP contribution is -2.18. The van der Waals surface area contributed by atoms with Crippen molar-refractivity contribution in [2.75, 3.05) is 6.61 Å². The standard InChI is InChI=1S/C14H18Cl2N2O/c1-4-19-9(2)8-18-13-7-11(16)5-6-12(13)17-14(18)10(3)15/h5-7,9-10H,4,8H2,1-3H3. The third-order valence-corrected chi connectivity index (χ3v) is 3.42. The molecule has 0 bridgehead atoms. The fraction of sp³-hybridized carbons (Fsp3) is 0.500. The molecule has 0 N–H and O–H groups in total. The van der Waals surface area contributed by atoms with Crippen LogP contribution in [0.5, 0.6) is 0 Å². The SMILES string of the molecule is CCOC(C)Cn1c(C(C)Cl)nc2ccc(Cl)cc21. The van der Waals surface area contributed by atoms with Crippen LogP contribution in [0.3, 0.4) is 0 Å². The molecular weight excluding hydrogens is 283 g/mol. The summed E-state index contributed by atoms with van der Waals surface area (Å²) < 4.78 is 7.70. The molecule has 0 amide bonds. The molecule has 2 atom stereocenters. The Labute approximate surface area is 123 Å². The summed E-state index contributed by atoms with van der Waals surface area (Å²) in [4.78, 5) is 4.58. The van der Waals surface area contributed by atoms with E-state index in [1.54, 1.807) is 0 Å². The summed E-state index contributed by atoms with van der Waals surface area (Å²) in [5.74, 6) is 0.852. The summed E-state index contributed by atoms with van der Waals surface area (Å²) >= 11 is 12.3. The number of benzene rings is 1. The van der Waals surface area contributed by atoms with Crippen molar-refractivity contribution < 1.29 is 4.74 Å². The summed E-state index contributed by atoms with van der Waals surface area (Å²) in [5.41, 5.74) is 1.91. The highest BCUT2D eigenvalue weighted by Gasteiger charge is 2.17. The predicted octanol–water partition coefficient (Wildman–Crippen LogP) is 4.41. The first kappa shape index (κ1) is 14.6. The molecule has 2 aromatic rings. The van der Waals surface area contributed by atoms with E-state index < -0.39 is 0 Å². The molecule has 0 aliphatic heterocycles. The van der Waals surface area contributed by atoms with Crippen LogP contribution >= 0.6 is 23.2 Å². The first-order valence-electron chi connectivity index (χ1n) is 6.44. The number of ether oxygens (including phenoxy) is 1. The van der Waals surface area contributed by atoms with Gasteiger partial charge in [-0.1, -0.05) is 11.6 Å². The average molecular weight is 301 g/mol. The van der Waals surface area contributed by atoms with Gasteiger partial charge in [0.2, 0.25) is 0 Å².